The largest absolute Gasteiger partial charge is 0.383 e. The van der Waals surface area contributed by atoms with Crippen LogP contribution in [0.2, 0.25) is 0 Å². The van der Waals surface area contributed by atoms with Gasteiger partial charge in [0.1, 0.15) is 0 Å². The number of benzene rings is 1. The summed E-state index contributed by atoms with van der Waals surface area (Å²) >= 11 is 0. The van der Waals surface area contributed by atoms with Gasteiger partial charge in [-0.05, 0) is 62.5 Å². The molecule has 2 aliphatic rings. The summed E-state index contributed by atoms with van der Waals surface area (Å²) in [4.78, 5) is 17.4. The first-order chi connectivity index (χ1) is 12.7. The quantitative estimate of drug-likeness (QED) is 0.660. The summed E-state index contributed by atoms with van der Waals surface area (Å²) in [5.41, 5.74) is 4.82. The Morgan fingerprint density at radius 1 is 1.19 bits per heavy atom. The lowest BCUT2D eigenvalue weighted by atomic mass is 9.98. The Bertz CT molecular complexity index is 778. The zero-order valence-electron chi connectivity index (χ0n) is 15.5. The zero-order chi connectivity index (χ0) is 17.9. The van der Waals surface area contributed by atoms with E-state index in [1.807, 2.05) is 0 Å². The van der Waals surface area contributed by atoms with Crippen LogP contribution in [0, 0.1) is 12.8 Å². The number of piperazine rings is 1. The molecule has 26 heavy (non-hydrogen) atoms. The number of carbonyl (C=O) groups is 1. The summed E-state index contributed by atoms with van der Waals surface area (Å²) in [6.07, 6.45) is 2.49. The van der Waals surface area contributed by atoms with Crippen LogP contribution < -0.4 is 16.0 Å². The third-order valence-corrected chi connectivity index (χ3v) is 5.48. The van der Waals surface area contributed by atoms with Crippen molar-refractivity contribution >= 4 is 22.5 Å². The summed E-state index contributed by atoms with van der Waals surface area (Å²) < 4.78 is 0. The molecule has 6 heteroatoms. The molecule has 0 bridgehead atoms. The maximum atomic E-state index is 11.6. The number of carbonyl (C=O) groups excluding carboxylic acids is 1. The van der Waals surface area contributed by atoms with Crippen LogP contribution in [0.25, 0.3) is 10.9 Å². The number of hydrogen-bond donors (Lipinski definition) is 4. The van der Waals surface area contributed by atoms with Gasteiger partial charge < -0.3 is 20.9 Å². The zero-order valence-corrected chi connectivity index (χ0v) is 15.5. The monoisotopic (exact) mass is 355 g/mol. The van der Waals surface area contributed by atoms with E-state index < -0.39 is 0 Å². The predicted molar refractivity (Wildman–Crippen MR) is 105 cm³/mol. The highest BCUT2D eigenvalue weighted by Gasteiger charge is 2.18. The second-order valence-electron chi connectivity index (χ2n) is 7.71. The van der Waals surface area contributed by atoms with Crippen molar-refractivity contribution in [1.82, 2.24) is 20.5 Å². The van der Waals surface area contributed by atoms with Crippen molar-refractivity contribution in [2.24, 2.45) is 5.92 Å². The van der Waals surface area contributed by atoms with E-state index in [9.17, 15) is 4.79 Å². The lowest BCUT2D eigenvalue weighted by Gasteiger charge is -2.25. The minimum Gasteiger partial charge on any atom is -0.383 e. The molecule has 6 nitrogen and oxygen atoms in total. The van der Waals surface area contributed by atoms with Crippen molar-refractivity contribution in [2.45, 2.75) is 26.3 Å². The summed E-state index contributed by atoms with van der Waals surface area (Å²) in [6, 6.07) is 6.69. The molecule has 2 fully saturated rings. The van der Waals surface area contributed by atoms with Crippen LogP contribution in [-0.2, 0) is 11.3 Å². The summed E-state index contributed by atoms with van der Waals surface area (Å²) in [5.74, 6) is 0.862. The van der Waals surface area contributed by atoms with E-state index in [0.29, 0.717) is 6.54 Å². The molecule has 0 atom stereocenters. The maximum absolute atomic E-state index is 11.6. The van der Waals surface area contributed by atoms with E-state index >= 15 is 0 Å². The topological polar surface area (TPSA) is 72.2 Å². The van der Waals surface area contributed by atoms with Gasteiger partial charge in [0, 0.05) is 37.3 Å². The standard InChI is InChI=1S/C20H29N5O/c1-14-8-16-10-17(12-25-7-6-22-19(26)13-25)24-20(16)18(9-14)23-11-15-2-4-21-5-3-15/h8-10,15,21,23-24H,2-7,11-13H2,1H3,(H,22,26). The number of aromatic amines is 1. The molecular weight excluding hydrogens is 326 g/mol. The molecule has 0 radical (unpaired) electrons. The van der Waals surface area contributed by atoms with Crippen LogP contribution >= 0.6 is 0 Å². The van der Waals surface area contributed by atoms with E-state index in [1.165, 1.54) is 40.7 Å². The molecule has 0 saturated carbocycles. The summed E-state index contributed by atoms with van der Waals surface area (Å²) in [6.45, 7) is 8.35. The Balaban J connectivity index is 1.49. The van der Waals surface area contributed by atoms with Crippen molar-refractivity contribution in [3.05, 3.63) is 29.5 Å². The fourth-order valence-electron chi connectivity index (χ4n) is 4.08. The Morgan fingerprint density at radius 3 is 2.85 bits per heavy atom. The highest BCUT2D eigenvalue weighted by molar-refractivity contribution is 5.92. The maximum Gasteiger partial charge on any atom is 0.234 e. The Kier molecular flexibility index (Phi) is 5.13. The smallest absolute Gasteiger partial charge is 0.234 e. The van der Waals surface area contributed by atoms with Gasteiger partial charge in [-0.3, -0.25) is 9.69 Å². The number of anilines is 1. The first-order valence-corrected chi connectivity index (χ1v) is 9.73. The molecule has 4 rings (SSSR count). The van der Waals surface area contributed by atoms with Crippen molar-refractivity contribution in [1.29, 1.82) is 0 Å². The molecule has 2 saturated heterocycles. The van der Waals surface area contributed by atoms with Crippen molar-refractivity contribution in [2.75, 3.05) is 44.6 Å². The number of hydrogen-bond acceptors (Lipinski definition) is 4. The van der Waals surface area contributed by atoms with E-state index in [1.54, 1.807) is 0 Å². The number of amides is 1. The van der Waals surface area contributed by atoms with Crippen LogP contribution in [0.4, 0.5) is 5.69 Å². The van der Waals surface area contributed by atoms with Crippen molar-refractivity contribution in [3.63, 3.8) is 0 Å². The van der Waals surface area contributed by atoms with Crippen LogP contribution in [0.1, 0.15) is 24.1 Å². The minimum absolute atomic E-state index is 0.118. The average molecular weight is 355 g/mol. The molecule has 2 aromatic rings. The second-order valence-corrected chi connectivity index (χ2v) is 7.71. The molecular formula is C20H29N5O. The van der Waals surface area contributed by atoms with Gasteiger partial charge in [-0.2, -0.15) is 0 Å². The van der Waals surface area contributed by atoms with Crippen LogP contribution in [0.5, 0.6) is 0 Å². The number of fused-ring (bicyclic) bond motifs is 1. The molecule has 2 aliphatic heterocycles. The number of aromatic nitrogens is 1. The molecule has 1 amide bonds. The van der Waals surface area contributed by atoms with E-state index in [0.717, 1.165) is 45.2 Å². The Labute approximate surface area is 154 Å². The Hall–Kier alpha value is -2.05. The number of nitrogens with zero attached hydrogens (tertiary/aromatic N) is 1. The van der Waals surface area contributed by atoms with E-state index in [4.69, 9.17) is 0 Å². The number of nitrogens with one attached hydrogen (secondary N) is 4. The van der Waals surface area contributed by atoms with Crippen LogP contribution in [-0.4, -0.2) is 55.1 Å². The lowest BCUT2D eigenvalue weighted by molar-refractivity contribution is -0.124. The van der Waals surface area contributed by atoms with E-state index in [2.05, 4.69) is 51.0 Å². The predicted octanol–water partition coefficient (Wildman–Crippen LogP) is 1.82. The highest BCUT2D eigenvalue weighted by Crippen LogP contribution is 2.27. The summed E-state index contributed by atoms with van der Waals surface area (Å²) in [7, 11) is 0. The van der Waals surface area contributed by atoms with Gasteiger partial charge in [-0.1, -0.05) is 0 Å². The van der Waals surface area contributed by atoms with Gasteiger partial charge in [0.2, 0.25) is 5.91 Å². The van der Waals surface area contributed by atoms with Crippen molar-refractivity contribution in [3.8, 4) is 0 Å². The number of aryl methyl sites for hydroxylation is 1. The fourth-order valence-corrected chi connectivity index (χ4v) is 4.08. The Morgan fingerprint density at radius 2 is 2.04 bits per heavy atom. The normalized spacial score (nSPS) is 19.7. The third kappa shape index (κ3) is 4.02. The molecule has 4 N–H and O–H groups in total. The van der Waals surface area contributed by atoms with Gasteiger partial charge in [0.05, 0.1) is 17.7 Å². The molecule has 3 heterocycles. The van der Waals surface area contributed by atoms with Gasteiger partial charge in [-0.25, -0.2) is 0 Å². The van der Waals surface area contributed by atoms with Crippen LogP contribution in [0.15, 0.2) is 18.2 Å². The van der Waals surface area contributed by atoms with Gasteiger partial charge in [-0.15, -0.1) is 0 Å². The second kappa shape index (κ2) is 7.68. The average Bonchev–Trinajstić information content (AvgIpc) is 3.02. The van der Waals surface area contributed by atoms with Crippen LogP contribution in [0.3, 0.4) is 0 Å². The minimum atomic E-state index is 0.118. The number of piperidine rings is 1. The first-order valence-electron chi connectivity index (χ1n) is 9.73. The summed E-state index contributed by atoms with van der Waals surface area (Å²) in [5, 5.41) is 11.2. The third-order valence-electron chi connectivity index (χ3n) is 5.48. The van der Waals surface area contributed by atoms with Gasteiger partial charge >= 0.3 is 0 Å². The molecule has 0 aliphatic carbocycles. The van der Waals surface area contributed by atoms with Gasteiger partial charge in [0.25, 0.3) is 0 Å². The lowest BCUT2D eigenvalue weighted by Crippen LogP contribution is -2.47. The van der Waals surface area contributed by atoms with E-state index in [-0.39, 0.29) is 5.91 Å². The fraction of sp³-hybridized carbons (Fsp3) is 0.550. The SMILES string of the molecule is Cc1cc(NCC2CCNCC2)c2[nH]c(CN3CCNC(=O)C3)cc2c1. The molecule has 1 aromatic heterocycles. The molecule has 0 spiro atoms. The molecule has 140 valence electrons. The number of rotatable bonds is 5. The molecule has 0 unspecified atom stereocenters. The highest BCUT2D eigenvalue weighted by atomic mass is 16.2. The molecule has 1 aromatic carbocycles. The van der Waals surface area contributed by atoms with Crippen molar-refractivity contribution < 1.29 is 4.79 Å². The van der Waals surface area contributed by atoms with Gasteiger partial charge in [0.15, 0.2) is 0 Å². The number of H-pyrrole nitrogens is 1. The first kappa shape index (κ1) is 17.4.